The van der Waals surface area contributed by atoms with E-state index < -0.39 is 11.4 Å². The quantitative estimate of drug-likeness (QED) is 0.793. The van der Waals surface area contributed by atoms with Crippen LogP contribution in [0, 0.1) is 5.41 Å². The van der Waals surface area contributed by atoms with Crippen molar-refractivity contribution in [2.45, 2.75) is 58.6 Å². The molecule has 106 valence electrons. The normalized spacial score (nSPS) is 26.2. The topological polar surface area (TPSA) is 49.8 Å². The number of likely N-dealkylation sites (tertiary alicyclic amines) is 1. The zero-order valence-corrected chi connectivity index (χ0v) is 12.1. The summed E-state index contributed by atoms with van der Waals surface area (Å²) < 4.78 is 5.40. The Morgan fingerprint density at radius 2 is 2.06 bits per heavy atom. The Bertz CT molecular complexity index is 276. The second kappa shape index (κ2) is 6.53. The van der Waals surface area contributed by atoms with E-state index >= 15 is 0 Å². The molecule has 0 amide bonds. The fraction of sp³-hybridized carbons (Fsp3) is 0.929. The number of ether oxygens (including phenoxy) is 1. The van der Waals surface area contributed by atoms with Gasteiger partial charge in [-0.25, -0.2) is 0 Å². The minimum atomic E-state index is -0.659. The molecule has 18 heavy (non-hydrogen) atoms. The third-order valence-corrected chi connectivity index (χ3v) is 4.61. The molecular weight excluding hydrogens is 230 g/mol. The van der Waals surface area contributed by atoms with Crippen LogP contribution in [0.5, 0.6) is 0 Å². The lowest BCUT2D eigenvalue weighted by Crippen LogP contribution is -2.50. The maximum absolute atomic E-state index is 11.5. The lowest BCUT2D eigenvalue weighted by molar-refractivity contribution is -0.151. The van der Waals surface area contributed by atoms with Crippen LogP contribution >= 0.6 is 0 Å². The van der Waals surface area contributed by atoms with Gasteiger partial charge in [0.1, 0.15) is 0 Å². The summed E-state index contributed by atoms with van der Waals surface area (Å²) in [7, 11) is 1.76. The van der Waals surface area contributed by atoms with Gasteiger partial charge in [0, 0.05) is 26.2 Å². The molecule has 0 bridgehead atoms. The molecule has 1 aliphatic rings. The Morgan fingerprint density at radius 3 is 2.44 bits per heavy atom. The van der Waals surface area contributed by atoms with E-state index in [9.17, 15) is 9.90 Å². The third-order valence-electron chi connectivity index (χ3n) is 4.61. The highest BCUT2D eigenvalue weighted by Gasteiger charge is 2.39. The van der Waals surface area contributed by atoms with Gasteiger partial charge in [0.25, 0.3) is 0 Å². The zero-order valence-electron chi connectivity index (χ0n) is 12.1. The number of nitrogens with zero attached hydrogens (tertiary/aromatic N) is 1. The van der Waals surface area contributed by atoms with Crippen molar-refractivity contribution in [3.8, 4) is 0 Å². The lowest BCUT2D eigenvalue weighted by atomic mass is 9.81. The number of hydrogen-bond acceptors (Lipinski definition) is 3. The van der Waals surface area contributed by atoms with E-state index in [2.05, 4.69) is 11.8 Å². The number of aliphatic carboxylic acids is 1. The molecule has 1 heterocycles. The van der Waals surface area contributed by atoms with E-state index in [0.29, 0.717) is 31.5 Å². The molecule has 1 N–H and O–H groups in total. The van der Waals surface area contributed by atoms with E-state index in [0.717, 1.165) is 19.4 Å². The Kier molecular flexibility index (Phi) is 5.60. The summed E-state index contributed by atoms with van der Waals surface area (Å²) in [6, 6.07) is 0.403. The largest absolute Gasteiger partial charge is 0.481 e. The maximum Gasteiger partial charge on any atom is 0.310 e. The first-order valence-electron chi connectivity index (χ1n) is 6.99. The highest BCUT2D eigenvalue weighted by atomic mass is 16.5. The number of methoxy groups -OCH3 is 1. The molecule has 2 unspecified atom stereocenters. The Labute approximate surface area is 110 Å². The van der Waals surface area contributed by atoms with Gasteiger partial charge >= 0.3 is 5.97 Å². The fourth-order valence-electron chi connectivity index (χ4n) is 2.86. The van der Waals surface area contributed by atoms with Crippen molar-refractivity contribution in [3.63, 3.8) is 0 Å². The summed E-state index contributed by atoms with van der Waals surface area (Å²) in [6.45, 7) is 7.72. The third kappa shape index (κ3) is 3.23. The van der Waals surface area contributed by atoms with Crippen LogP contribution in [-0.2, 0) is 9.53 Å². The van der Waals surface area contributed by atoms with E-state index in [-0.39, 0.29) is 0 Å². The van der Waals surface area contributed by atoms with E-state index in [1.807, 2.05) is 13.8 Å². The van der Waals surface area contributed by atoms with Crippen LogP contribution in [0.4, 0.5) is 0 Å². The summed E-state index contributed by atoms with van der Waals surface area (Å²) in [6.07, 6.45) is 3.72. The summed E-state index contributed by atoms with van der Waals surface area (Å²) in [5.74, 6) is -0.659. The van der Waals surface area contributed by atoms with Crippen molar-refractivity contribution in [2.24, 2.45) is 5.41 Å². The van der Waals surface area contributed by atoms with Crippen molar-refractivity contribution in [1.82, 2.24) is 4.90 Å². The van der Waals surface area contributed by atoms with Gasteiger partial charge in [0.15, 0.2) is 0 Å². The predicted octanol–water partition coefficient (Wildman–Crippen LogP) is 2.38. The van der Waals surface area contributed by atoms with Gasteiger partial charge in [0.05, 0.1) is 11.5 Å². The summed E-state index contributed by atoms with van der Waals surface area (Å²) in [5, 5.41) is 9.49. The van der Waals surface area contributed by atoms with Gasteiger partial charge in [-0.15, -0.1) is 0 Å². The average Bonchev–Trinajstić information content (AvgIpc) is 2.37. The number of rotatable bonds is 6. The van der Waals surface area contributed by atoms with Crippen LogP contribution in [0.1, 0.15) is 46.5 Å². The number of carboxylic acids is 1. The minimum Gasteiger partial charge on any atom is -0.481 e. The van der Waals surface area contributed by atoms with Crippen LogP contribution in [0.15, 0.2) is 0 Å². The lowest BCUT2D eigenvalue weighted by Gasteiger charge is -2.41. The van der Waals surface area contributed by atoms with E-state index in [1.54, 1.807) is 7.11 Å². The van der Waals surface area contributed by atoms with E-state index in [4.69, 9.17) is 4.74 Å². The number of hydrogen-bond donors (Lipinski definition) is 1. The molecule has 0 radical (unpaired) electrons. The minimum absolute atomic E-state index is 0.332. The predicted molar refractivity (Wildman–Crippen MR) is 71.7 cm³/mol. The second-order valence-corrected chi connectivity index (χ2v) is 5.49. The van der Waals surface area contributed by atoms with Crippen LogP contribution in [-0.4, -0.2) is 48.3 Å². The second-order valence-electron chi connectivity index (χ2n) is 5.49. The van der Waals surface area contributed by atoms with Crippen molar-refractivity contribution < 1.29 is 14.6 Å². The van der Waals surface area contributed by atoms with Crippen molar-refractivity contribution in [2.75, 3.05) is 20.2 Å². The molecule has 0 saturated carbocycles. The highest BCUT2D eigenvalue weighted by Crippen LogP contribution is 2.31. The molecule has 0 spiro atoms. The molecule has 4 nitrogen and oxygen atoms in total. The van der Waals surface area contributed by atoms with Crippen LogP contribution in [0.2, 0.25) is 0 Å². The molecule has 1 rings (SSSR count). The van der Waals surface area contributed by atoms with Crippen LogP contribution in [0.25, 0.3) is 0 Å². The Morgan fingerprint density at radius 1 is 1.44 bits per heavy atom. The first kappa shape index (κ1) is 15.4. The monoisotopic (exact) mass is 257 g/mol. The van der Waals surface area contributed by atoms with Gasteiger partial charge < -0.3 is 9.84 Å². The van der Waals surface area contributed by atoms with Crippen LogP contribution in [0.3, 0.4) is 0 Å². The van der Waals surface area contributed by atoms with Crippen molar-refractivity contribution in [3.05, 3.63) is 0 Å². The van der Waals surface area contributed by atoms with Gasteiger partial charge in [-0.2, -0.15) is 0 Å². The molecule has 0 aliphatic carbocycles. The summed E-state index contributed by atoms with van der Waals surface area (Å²) in [4.78, 5) is 13.8. The van der Waals surface area contributed by atoms with Crippen molar-refractivity contribution >= 4 is 5.97 Å². The number of carboxylic acid groups (broad SMARTS) is 1. The van der Waals surface area contributed by atoms with Crippen LogP contribution < -0.4 is 0 Å². The van der Waals surface area contributed by atoms with Gasteiger partial charge in [0.2, 0.25) is 0 Å². The Hall–Kier alpha value is -0.610. The fourth-order valence-corrected chi connectivity index (χ4v) is 2.86. The first-order chi connectivity index (χ1) is 8.49. The molecule has 0 aromatic heterocycles. The molecule has 1 aliphatic heterocycles. The molecule has 0 aromatic carbocycles. The SMILES string of the molecule is CCC(CC)(CN1CCC(OC)CC1C)C(=O)O. The highest BCUT2D eigenvalue weighted by molar-refractivity contribution is 5.74. The van der Waals surface area contributed by atoms with E-state index in [1.165, 1.54) is 0 Å². The first-order valence-corrected chi connectivity index (χ1v) is 6.99. The van der Waals surface area contributed by atoms with Gasteiger partial charge in [-0.3, -0.25) is 9.69 Å². The molecule has 0 aromatic rings. The number of carbonyl (C=O) groups is 1. The Balaban J connectivity index is 2.68. The number of piperidine rings is 1. The molecule has 4 heteroatoms. The zero-order chi connectivity index (χ0) is 13.8. The van der Waals surface area contributed by atoms with Gasteiger partial charge in [-0.05, 0) is 32.6 Å². The maximum atomic E-state index is 11.5. The molecule has 2 atom stereocenters. The molecule has 1 saturated heterocycles. The average molecular weight is 257 g/mol. The summed E-state index contributed by atoms with van der Waals surface area (Å²) in [5.41, 5.74) is -0.589. The molecular formula is C14H27NO3. The standard InChI is InChI=1S/C14H27NO3/c1-5-14(6-2,13(16)17)10-15-8-7-12(18-4)9-11(15)3/h11-12H,5-10H2,1-4H3,(H,16,17). The summed E-state index contributed by atoms with van der Waals surface area (Å²) >= 11 is 0. The van der Waals surface area contributed by atoms with Gasteiger partial charge in [-0.1, -0.05) is 13.8 Å². The van der Waals surface area contributed by atoms with Crippen molar-refractivity contribution in [1.29, 1.82) is 0 Å². The molecule has 1 fully saturated rings. The smallest absolute Gasteiger partial charge is 0.310 e.